The van der Waals surface area contributed by atoms with Gasteiger partial charge in [0.15, 0.2) is 0 Å². The summed E-state index contributed by atoms with van der Waals surface area (Å²) < 4.78 is 11.1. The van der Waals surface area contributed by atoms with Crippen molar-refractivity contribution < 1.29 is 9.47 Å². The zero-order chi connectivity index (χ0) is 14.1. The molecule has 1 atom stereocenters. The molecular weight excluding hydrogens is 240 g/mol. The molecule has 0 bridgehead atoms. The van der Waals surface area contributed by atoms with Crippen LogP contribution in [0.15, 0.2) is 18.2 Å². The first-order valence-corrected chi connectivity index (χ1v) is 7.01. The maximum atomic E-state index is 6.05. The van der Waals surface area contributed by atoms with Gasteiger partial charge in [-0.2, -0.15) is 0 Å². The van der Waals surface area contributed by atoms with Crippen LogP contribution in [0.3, 0.4) is 0 Å². The lowest BCUT2D eigenvalue weighted by atomic mass is 10.0. The van der Waals surface area contributed by atoms with Gasteiger partial charge in [0.1, 0.15) is 5.75 Å². The van der Waals surface area contributed by atoms with Gasteiger partial charge >= 0.3 is 0 Å². The second kappa shape index (κ2) is 8.91. The molecule has 4 N–H and O–H groups in total. The summed E-state index contributed by atoms with van der Waals surface area (Å²) in [4.78, 5) is 0. The molecular formula is C15H26N2O2. The Morgan fingerprint density at radius 3 is 2.63 bits per heavy atom. The first kappa shape index (κ1) is 16.0. The second-order valence-electron chi connectivity index (χ2n) is 4.51. The van der Waals surface area contributed by atoms with E-state index in [-0.39, 0.29) is 6.04 Å². The van der Waals surface area contributed by atoms with E-state index in [0.717, 1.165) is 37.4 Å². The van der Waals surface area contributed by atoms with E-state index in [1.54, 1.807) is 0 Å². The fourth-order valence-corrected chi connectivity index (χ4v) is 1.85. The highest BCUT2D eigenvalue weighted by Crippen LogP contribution is 2.25. The summed E-state index contributed by atoms with van der Waals surface area (Å²) in [5.41, 5.74) is 13.9. The summed E-state index contributed by atoms with van der Waals surface area (Å²) in [6.07, 6.45) is 1.86. The molecule has 4 heteroatoms. The third kappa shape index (κ3) is 5.19. The van der Waals surface area contributed by atoms with E-state index in [2.05, 4.69) is 19.1 Å². The molecule has 0 fully saturated rings. The lowest BCUT2D eigenvalue weighted by molar-refractivity contribution is 0.151. The molecule has 1 rings (SSSR count). The minimum Gasteiger partial charge on any atom is -0.493 e. The largest absolute Gasteiger partial charge is 0.493 e. The quantitative estimate of drug-likeness (QED) is 0.671. The highest BCUT2D eigenvalue weighted by Gasteiger charge is 2.12. The Balaban J connectivity index is 2.81. The Kier molecular flexibility index (Phi) is 7.48. The highest BCUT2D eigenvalue weighted by atomic mass is 16.5. The number of ether oxygens (including phenoxy) is 2. The summed E-state index contributed by atoms with van der Waals surface area (Å²) in [6.45, 7) is 6.66. The van der Waals surface area contributed by atoms with Crippen LogP contribution in [-0.2, 0) is 11.2 Å². The maximum Gasteiger partial charge on any atom is 0.124 e. The van der Waals surface area contributed by atoms with Gasteiger partial charge in [-0.1, -0.05) is 19.1 Å². The predicted octanol–water partition coefficient (Wildman–Crippen LogP) is 2.01. The van der Waals surface area contributed by atoms with Crippen LogP contribution in [0, 0.1) is 0 Å². The van der Waals surface area contributed by atoms with Crippen LogP contribution in [-0.4, -0.2) is 26.4 Å². The van der Waals surface area contributed by atoms with Crippen molar-refractivity contribution >= 4 is 0 Å². The molecule has 0 saturated carbocycles. The number of rotatable bonds is 9. The predicted molar refractivity (Wildman–Crippen MR) is 78.4 cm³/mol. The average molecular weight is 266 g/mol. The van der Waals surface area contributed by atoms with Crippen LogP contribution in [0.5, 0.6) is 5.75 Å². The normalized spacial score (nSPS) is 12.4. The van der Waals surface area contributed by atoms with Gasteiger partial charge < -0.3 is 20.9 Å². The zero-order valence-corrected chi connectivity index (χ0v) is 12.0. The van der Waals surface area contributed by atoms with Crippen molar-refractivity contribution in [2.45, 2.75) is 32.7 Å². The Labute approximate surface area is 116 Å². The van der Waals surface area contributed by atoms with E-state index >= 15 is 0 Å². The number of nitrogens with two attached hydrogens (primary N) is 2. The first-order valence-electron chi connectivity index (χ1n) is 7.01. The molecule has 108 valence electrons. The van der Waals surface area contributed by atoms with Crippen LogP contribution in [0.25, 0.3) is 0 Å². The second-order valence-corrected chi connectivity index (χ2v) is 4.51. The van der Waals surface area contributed by atoms with Crippen molar-refractivity contribution in [3.8, 4) is 5.75 Å². The van der Waals surface area contributed by atoms with Crippen LogP contribution in [0.1, 0.15) is 37.4 Å². The zero-order valence-electron chi connectivity index (χ0n) is 12.0. The molecule has 0 aliphatic heterocycles. The fourth-order valence-electron chi connectivity index (χ4n) is 1.85. The van der Waals surface area contributed by atoms with Gasteiger partial charge in [0.05, 0.1) is 13.2 Å². The molecule has 0 amide bonds. The smallest absolute Gasteiger partial charge is 0.124 e. The van der Waals surface area contributed by atoms with Gasteiger partial charge in [-0.25, -0.2) is 0 Å². The standard InChI is InChI=1S/C15H26N2O2/c1-3-8-19-15-6-5-12(7-9-18-4-2)10-13(15)14(17)11-16/h5-6,10,14H,3-4,7-9,11,16-17H2,1-2H3. The van der Waals surface area contributed by atoms with Gasteiger partial charge in [-0.05, 0) is 31.4 Å². The van der Waals surface area contributed by atoms with Crippen LogP contribution < -0.4 is 16.2 Å². The van der Waals surface area contributed by atoms with Gasteiger partial charge in [-0.15, -0.1) is 0 Å². The van der Waals surface area contributed by atoms with Crippen molar-refractivity contribution in [3.05, 3.63) is 29.3 Å². The highest BCUT2D eigenvalue weighted by molar-refractivity contribution is 5.39. The summed E-state index contributed by atoms with van der Waals surface area (Å²) in [7, 11) is 0. The van der Waals surface area contributed by atoms with Gasteiger partial charge in [-0.3, -0.25) is 0 Å². The van der Waals surface area contributed by atoms with Crippen LogP contribution in [0.4, 0.5) is 0 Å². The minimum absolute atomic E-state index is 0.182. The van der Waals surface area contributed by atoms with Crippen LogP contribution >= 0.6 is 0 Å². The Morgan fingerprint density at radius 1 is 1.21 bits per heavy atom. The Morgan fingerprint density at radius 2 is 2.00 bits per heavy atom. The molecule has 19 heavy (non-hydrogen) atoms. The minimum atomic E-state index is -0.182. The molecule has 0 spiro atoms. The molecule has 0 saturated heterocycles. The maximum absolute atomic E-state index is 6.05. The van der Waals surface area contributed by atoms with Gasteiger partial charge in [0, 0.05) is 24.8 Å². The summed E-state index contributed by atoms with van der Waals surface area (Å²) >= 11 is 0. The molecule has 1 aromatic rings. The molecule has 0 heterocycles. The Bertz CT molecular complexity index is 369. The molecule has 0 aliphatic rings. The first-order chi connectivity index (χ1) is 9.22. The summed E-state index contributed by atoms with van der Waals surface area (Å²) in [5.74, 6) is 0.847. The van der Waals surface area contributed by atoms with E-state index in [9.17, 15) is 0 Å². The van der Waals surface area contributed by atoms with Gasteiger partial charge in [0.2, 0.25) is 0 Å². The summed E-state index contributed by atoms with van der Waals surface area (Å²) in [5, 5.41) is 0. The van der Waals surface area contributed by atoms with Crippen LogP contribution in [0.2, 0.25) is 0 Å². The fraction of sp³-hybridized carbons (Fsp3) is 0.600. The van der Waals surface area contributed by atoms with E-state index in [4.69, 9.17) is 20.9 Å². The number of hydrogen-bond acceptors (Lipinski definition) is 4. The van der Waals surface area contributed by atoms with Crippen molar-refractivity contribution in [2.24, 2.45) is 11.5 Å². The van der Waals surface area contributed by atoms with E-state index in [0.29, 0.717) is 13.2 Å². The van der Waals surface area contributed by atoms with Crippen molar-refractivity contribution in [3.63, 3.8) is 0 Å². The Hall–Kier alpha value is -1.10. The molecule has 4 nitrogen and oxygen atoms in total. The molecule has 0 radical (unpaired) electrons. The third-order valence-corrected chi connectivity index (χ3v) is 2.93. The molecule has 0 aliphatic carbocycles. The lowest BCUT2D eigenvalue weighted by Gasteiger charge is -2.17. The molecule has 1 aromatic carbocycles. The third-order valence-electron chi connectivity index (χ3n) is 2.93. The lowest BCUT2D eigenvalue weighted by Crippen LogP contribution is -2.22. The average Bonchev–Trinajstić information content (AvgIpc) is 2.45. The van der Waals surface area contributed by atoms with Gasteiger partial charge in [0.25, 0.3) is 0 Å². The number of hydrogen-bond donors (Lipinski definition) is 2. The molecule has 0 aromatic heterocycles. The molecule has 1 unspecified atom stereocenters. The summed E-state index contributed by atoms with van der Waals surface area (Å²) in [6, 6.07) is 5.96. The van der Waals surface area contributed by atoms with E-state index < -0.39 is 0 Å². The topological polar surface area (TPSA) is 70.5 Å². The SMILES string of the molecule is CCCOc1ccc(CCOCC)cc1C(N)CN. The van der Waals surface area contributed by atoms with E-state index in [1.807, 2.05) is 13.0 Å². The van der Waals surface area contributed by atoms with Crippen molar-refractivity contribution in [1.29, 1.82) is 0 Å². The number of benzene rings is 1. The van der Waals surface area contributed by atoms with Crippen molar-refractivity contribution in [1.82, 2.24) is 0 Å². The van der Waals surface area contributed by atoms with E-state index in [1.165, 1.54) is 5.56 Å². The van der Waals surface area contributed by atoms with Crippen molar-refractivity contribution in [2.75, 3.05) is 26.4 Å². The monoisotopic (exact) mass is 266 g/mol.